The highest BCUT2D eigenvalue weighted by molar-refractivity contribution is 5.38. The average molecular weight is 164 g/mol. The molecule has 1 aromatic rings. The monoisotopic (exact) mass is 164 g/mol. The van der Waals surface area contributed by atoms with Crippen LogP contribution in [0, 0.1) is 12.7 Å². The van der Waals surface area contributed by atoms with Crippen LogP contribution in [-0.4, -0.2) is 0 Å². The Morgan fingerprint density at radius 2 is 2.17 bits per heavy atom. The van der Waals surface area contributed by atoms with Gasteiger partial charge in [0.15, 0.2) is 0 Å². The summed E-state index contributed by atoms with van der Waals surface area (Å²) in [5.41, 5.74) is 3.22. The number of hydrogen-bond donors (Lipinski definition) is 0. The summed E-state index contributed by atoms with van der Waals surface area (Å²) in [4.78, 5) is 0. The van der Waals surface area contributed by atoms with Crippen LogP contribution in [0.15, 0.2) is 12.1 Å². The molecule has 0 nitrogen and oxygen atoms in total. The van der Waals surface area contributed by atoms with E-state index in [9.17, 15) is 4.39 Å². The van der Waals surface area contributed by atoms with Crippen LogP contribution < -0.4 is 0 Å². The molecular weight excluding hydrogens is 151 g/mol. The first-order valence-corrected chi connectivity index (χ1v) is 4.47. The third-order valence-electron chi connectivity index (χ3n) is 2.73. The molecule has 0 spiro atoms. The van der Waals surface area contributed by atoms with Gasteiger partial charge in [0.05, 0.1) is 0 Å². The van der Waals surface area contributed by atoms with Crippen molar-refractivity contribution in [2.24, 2.45) is 0 Å². The molecule has 0 bridgehead atoms. The second-order valence-corrected chi connectivity index (χ2v) is 3.75. The molecule has 1 heteroatoms. The molecule has 2 rings (SSSR count). The molecule has 1 aliphatic carbocycles. The molecule has 64 valence electrons. The third kappa shape index (κ3) is 1.04. The smallest absolute Gasteiger partial charge is 0.126 e. The molecule has 0 aliphatic heterocycles. The van der Waals surface area contributed by atoms with Crippen molar-refractivity contribution in [2.45, 2.75) is 32.6 Å². The number of halogens is 1. The van der Waals surface area contributed by atoms with E-state index in [1.165, 1.54) is 5.56 Å². The summed E-state index contributed by atoms with van der Waals surface area (Å²) in [7, 11) is 0. The zero-order chi connectivity index (χ0) is 8.72. The molecule has 1 aromatic carbocycles. The third-order valence-corrected chi connectivity index (χ3v) is 2.73. The second kappa shape index (κ2) is 2.58. The first kappa shape index (κ1) is 7.78. The van der Waals surface area contributed by atoms with Gasteiger partial charge in [0.1, 0.15) is 5.82 Å². The van der Waals surface area contributed by atoms with Gasteiger partial charge >= 0.3 is 0 Å². The fourth-order valence-corrected chi connectivity index (χ4v) is 2.02. The fraction of sp³-hybridized carbons (Fsp3) is 0.455. The van der Waals surface area contributed by atoms with Crippen LogP contribution in [0.4, 0.5) is 4.39 Å². The Kier molecular flexibility index (Phi) is 1.67. The van der Waals surface area contributed by atoms with Crippen LogP contribution in [-0.2, 0) is 6.42 Å². The Balaban J connectivity index is 2.60. The van der Waals surface area contributed by atoms with Crippen LogP contribution in [0.1, 0.15) is 36.0 Å². The fourth-order valence-electron chi connectivity index (χ4n) is 2.02. The standard InChI is InChI=1S/C11H13F/c1-7-5-10-8(2)3-4-9(10)11(12)6-7/h5-6,8H,3-4H2,1-2H3. The van der Waals surface area contributed by atoms with Gasteiger partial charge in [-0.1, -0.05) is 13.0 Å². The van der Waals surface area contributed by atoms with Crippen molar-refractivity contribution in [3.63, 3.8) is 0 Å². The number of fused-ring (bicyclic) bond motifs is 1. The number of aryl methyl sites for hydroxylation is 1. The van der Waals surface area contributed by atoms with Crippen LogP contribution in [0.3, 0.4) is 0 Å². The van der Waals surface area contributed by atoms with E-state index < -0.39 is 0 Å². The second-order valence-electron chi connectivity index (χ2n) is 3.75. The van der Waals surface area contributed by atoms with Gasteiger partial charge in [-0.2, -0.15) is 0 Å². The Morgan fingerprint density at radius 3 is 2.92 bits per heavy atom. The van der Waals surface area contributed by atoms with Crippen LogP contribution in [0.5, 0.6) is 0 Å². The topological polar surface area (TPSA) is 0 Å². The predicted molar refractivity (Wildman–Crippen MR) is 47.9 cm³/mol. The number of rotatable bonds is 0. The van der Waals surface area contributed by atoms with Crippen molar-refractivity contribution in [3.05, 3.63) is 34.6 Å². The molecule has 0 N–H and O–H groups in total. The van der Waals surface area contributed by atoms with Gasteiger partial charge in [0.25, 0.3) is 0 Å². The highest BCUT2D eigenvalue weighted by Crippen LogP contribution is 2.34. The molecule has 0 radical (unpaired) electrons. The Labute approximate surface area is 72.4 Å². The first-order chi connectivity index (χ1) is 5.68. The Morgan fingerprint density at radius 1 is 1.42 bits per heavy atom. The number of benzene rings is 1. The maximum atomic E-state index is 13.3. The van der Waals surface area contributed by atoms with Crippen molar-refractivity contribution >= 4 is 0 Å². The van der Waals surface area contributed by atoms with Gasteiger partial charge in [-0.05, 0) is 48.4 Å². The van der Waals surface area contributed by atoms with Crippen molar-refractivity contribution in [3.8, 4) is 0 Å². The average Bonchev–Trinajstić information content (AvgIpc) is 2.33. The van der Waals surface area contributed by atoms with Gasteiger partial charge in [-0.15, -0.1) is 0 Å². The first-order valence-electron chi connectivity index (χ1n) is 4.47. The molecule has 1 unspecified atom stereocenters. The van der Waals surface area contributed by atoms with Crippen molar-refractivity contribution in [1.82, 2.24) is 0 Å². The Bertz CT molecular complexity index is 315. The van der Waals surface area contributed by atoms with Crippen molar-refractivity contribution in [1.29, 1.82) is 0 Å². The van der Waals surface area contributed by atoms with Crippen molar-refractivity contribution < 1.29 is 4.39 Å². The lowest BCUT2D eigenvalue weighted by Gasteiger charge is -2.05. The van der Waals surface area contributed by atoms with Gasteiger partial charge < -0.3 is 0 Å². The highest BCUT2D eigenvalue weighted by atomic mass is 19.1. The van der Waals surface area contributed by atoms with Crippen molar-refractivity contribution in [2.75, 3.05) is 0 Å². The van der Waals surface area contributed by atoms with Crippen LogP contribution in [0.25, 0.3) is 0 Å². The molecule has 1 aliphatic rings. The van der Waals surface area contributed by atoms with E-state index in [1.807, 2.05) is 6.92 Å². The lowest BCUT2D eigenvalue weighted by atomic mass is 10.0. The minimum atomic E-state index is -0.00523. The van der Waals surface area contributed by atoms with Gasteiger partial charge in [0.2, 0.25) is 0 Å². The summed E-state index contributed by atoms with van der Waals surface area (Å²) in [6.45, 7) is 4.12. The van der Waals surface area contributed by atoms with E-state index in [2.05, 4.69) is 13.0 Å². The lowest BCUT2D eigenvalue weighted by molar-refractivity contribution is 0.611. The minimum Gasteiger partial charge on any atom is -0.207 e. The molecule has 0 fully saturated rings. The van der Waals surface area contributed by atoms with E-state index in [4.69, 9.17) is 0 Å². The van der Waals surface area contributed by atoms with Crippen LogP contribution in [0.2, 0.25) is 0 Å². The van der Waals surface area contributed by atoms with E-state index in [1.54, 1.807) is 6.07 Å². The van der Waals surface area contributed by atoms with E-state index in [-0.39, 0.29) is 5.82 Å². The minimum absolute atomic E-state index is 0.00523. The normalized spacial score (nSPS) is 21.1. The number of hydrogen-bond acceptors (Lipinski definition) is 0. The zero-order valence-electron chi connectivity index (χ0n) is 7.52. The predicted octanol–water partition coefficient (Wildman–Crippen LogP) is 3.18. The Hall–Kier alpha value is -0.850. The molecule has 1 atom stereocenters. The summed E-state index contributed by atoms with van der Waals surface area (Å²) in [6, 6.07) is 3.76. The van der Waals surface area contributed by atoms with E-state index in [0.717, 1.165) is 24.0 Å². The maximum Gasteiger partial charge on any atom is 0.126 e. The SMILES string of the molecule is Cc1cc(F)c2c(c1)C(C)CC2. The molecule has 12 heavy (non-hydrogen) atoms. The molecule has 0 saturated carbocycles. The molecule has 0 heterocycles. The maximum absolute atomic E-state index is 13.3. The molecule has 0 amide bonds. The van der Waals surface area contributed by atoms with E-state index >= 15 is 0 Å². The van der Waals surface area contributed by atoms with Gasteiger partial charge in [-0.3, -0.25) is 0 Å². The molecule has 0 saturated heterocycles. The lowest BCUT2D eigenvalue weighted by Crippen LogP contribution is -1.91. The molecule has 0 aromatic heterocycles. The summed E-state index contributed by atoms with van der Waals surface area (Å²) in [6.07, 6.45) is 2.03. The van der Waals surface area contributed by atoms with Gasteiger partial charge in [0, 0.05) is 0 Å². The summed E-state index contributed by atoms with van der Waals surface area (Å²) in [5, 5.41) is 0. The highest BCUT2D eigenvalue weighted by Gasteiger charge is 2.21. The van der Waals surface area contributed by atoms with Crippen LogP contribution >= 0.6 is 0 Å². The van der Waals surface area contributed by atoms with Gasteiger partial charge in [-0.25, -0.2) is 4.39 Å². The molecular formula is C11H13F. The van der Waals surface area contributed by atoms with E-state index in [0.29, 0.717) is 5.92 Å². The summed E-state index contributed by atoms with van der Waals surface area (Å²) >= 11 is 0. The zero-order valence-corrected chi connectivity index (χ0v) is 7.52. The summed E-state index contributed by atoms with van der Waals surface area (Å²) in [5.74, 6) is 0.545. The summed E-state index contributed by atoms with van der Waals surface area (Å²) < 4.78 is 13.3. The quantitative estimate of drug-likeness (QED) is 0.552. The largest absolute Gasteiger partial charge is 0.207 e.